The molecule has 3 aromatic carbocycles. The molecule has 5 aliphatic rings. The summed E-state index contributed by atoms with van der Waals surface area (Å²) in [6.07, 6.45) is 2.32. The van der Waals surface area contributed by atoms with Gasteiger partial charge in [0.25, 0.3) is 0 Å². The molecule has 258 valence electrons. The van der Waals surface area contributed by atoms with Crippen LogP contribution in [0.15, 0.2) is 72.3 Å². The quantitative estimate of drug-likeness (QED) is 0.276. The number of imide groups is 2. The van der Waals surface area contributed by atoms with Crippen molar-refractivity contribution in [3.8, 4) is 11.5 Å². The molecule has 4 fully saturated rings. The predicted molar refractivity (Wildman–Crippen MR) is 183 cm³/mol. The molecule has 10 nitrogen and oxygen atoms in total. The Labute approximate surface area is 293 Å². The number of aromatic hydroxyl groups is 1. The van der Waals surface area contributed by atoms with E-state index in [1.165, 1.54) is 30.2 Å². The van der Waals surface area contributed by atoms with Gasteiger partial charge >= 0.3 is 0 Å². The van der Waals surface area contributed by atoms with Gasteiger partial charge in [0.1, 0.15) is 17.3 Å². The molecule has 3 heterocycles. The fraction of sp³-hybridized carbons (Fsp3) is 0.368. The van der Waals surface area contributed by atoms with Gasteiger partial charge in [0.05, 0.1) is 59.9 Å². The number of carbonyl (C=O) groups excluding carboxylic acids is 4. The molecular formula is C38H35ClFN3O7. The fourth-order valence-electron chi connectivity index (χ4n) is 9.01. The number of amides is 4. The topological polar surface area (TPSA) is 117 Å². The van der Waals surface area contributed by atoms with Gasteiger partial charge in [-0.25, -0.2) is 9.29 Å². The zero-order valence-corrected chi connectivity index (χ0v) is 28.2. The Balaban J connectivity index is 1.20. The molecule has 0 spiro atoms. The predicted octanol–water partition coefficient (Wildman–Crippen LogP) is 5.47. The summed E-state index contributed by atoms with van der Waals surface area (Å²) in [5.74, 6) is -5.82. The number of rotatable bonds is 5. The number of benzene rings is 3. The average Bonchev–Trinajstić information content (AvgIpc) is 3.49. The van der Waals surface area contributed by atoms with E-state index in [0.29, 0.717) is 30.2 Å². The maximum Gasteiger partial charge on any atom is 0.241 e. The van der Waals surface area contributed by atoms with Gasteiger partial charge in [0.2, 0.25) is 23.6 Å². The molecular weight excluding hydrogens is 665 g/mol. The molecule has 0 radical (unpaired) electrons. The Hall–Kier alpha value is -4.74. The number of nitrogens with zero attached hydrogens (tertiary/aromatic N) is 3. The summed E-state index contributed by atoms with van der Waals surface area (Å²) < 4.78 is 24.9. The minimum atomic E-state index is -1.39. The number of methoxy groups -OCH3 is 1. The van der Waals surface area contributed by atoms with Crippen molar-refractivity contribution >= 4 is 52.3 Å². The van der Waals surface area contributed by atoms with Crippen molar-refractivity contribution < 1.29 is 38.1 Å². The van der Waals surface area contributed by atoms with Gasteiger partial charge in [-0.1, -0.05) is 29.3 Å². The highest BCUT2D eigenvalue weighted by Crippen LogP contribution is 2.64. The third-order valence-electron chi connectivity index (χ3n) is 11.5. The normalized spacial score (nSPS) is 29.2. The SMILES string of the molecule is COc1ccc(C2C3=CCC4C(=O)N(c5ccc(N6CCOCC6)cc5)C(=O)C4C3CC3C(=O)N(c4ccc(F)c(Cl)c4)C(=O)C32C)c(O)c1. The van der Waals surface area contributed by atoms with Crippen LogP contribution in [0.1, 0.15) is 31.2 Å². The number of allylic oxidation sites excluding steroid dienone is 2. The standard InChI is InChI=1S/C38H35ClFN3O7/c1-38-28(35(46)43(37(38)48)22-7-12-30(40)29(39)17-22)19-27-24(33(38)25-9-8-23(49-2)18-31(25)44)10-11-26-32(27)36(47)42(34(26)45)21-5-3-20(4-6-21)41-13-15-50-16-14-41/h3-10,12,17-18,26-28,32-33,44H,11,13-16,19H2,1-2H3. The van der Waals surface area contributed by atoms with Gasteiger partial charge in [-0.2, -0.15) is 0 Å². The van der Waals surface area contributed by atoms with Crippen LogP contribution in [0.25, 0.3) is 0 Å². The van der Waals surface area contributed by atoms with E-state index in [-0.39, 0.29) is 41.1 Å². The summed E-state index contributed by atoms with van der Waals surface area (Å²) in [6.45, 7) is 4.47. The van der Waals surface area contributed by atoms with Crippen molar-refractivity contribution in [3.63, 3.8) is 0 Å². The van der Waals surface area contributed by atoms with E-state index in [4.69, 9.17) is 21.1 Å². The monoisotopic (exact) mass is 699 g/mol. The van der Waals surface area contributed by atoms with Gasteiger partial charge in [0.15, 0.2) is 0 Å². The summed E-state index contributed by atoms with van der Waals surface area (Å²) in [7, 11) is 1.47. The van der Waals surface area contributed by atoms with Crippen LogP contribution >= 0.6 is 11.6 Å². The van der Waals surface area contributed by atoms with Crippen molar-refractivity contribution in [2.45, 2.75) is 25.7 Å². The molecule has 1 saturated carbocycles. The first kappa shape index (κ1) is 32.5. The molecule has 4 amide bonds. The number of morpholine rings is 1. The lowest BCUT2D eigenvalue weighted by atomic mass is 9.51. The second-order valence-corrected chi connectivity index (χ2v) is 14.2. The van der Waals surface area contributed by atoms with Crippen LogP contribution in [0.2, 0.25) is 5.02 Å². The van der Waals surface area contributed by atoms with E-state index in [1.54, 1.807) is 31.2 Å². The third kappa shape index (κ3) is 4.70. The molecule has 3 aromatic rings. The average molecular weight is 700 g/mol. The van der Waals surface area contributed by atoms with E-state index >= 15 is 0 Å². The zero-order chi connectivity index (χ0) is 35.1. The second-order valence-electron chi connectivity index (χ2n) is 13.8. The van der Waals surface area contributed by atoms with Gasteiger partial charge < -0.3 is 19.5 Å². The van der Waals surface area contributed by atoms with Crippen LogP contribution in [0.5, 0.6) is 11.5 Å². The summed E-state index contributed by atoms with van der Waals surface area (Å²) >= 11 is 6.09. The highest BCUT2D eigenvalue weighted by molar-refractivity contribution is 6.32. The van der Waals surface area contributed by atoms with Gasteiger partial charge in [-0.15, -0.1) is 0 Å². The Morgan fingerprint density at radius 3 is 2.26 bits per heavy atom. The van der Waals surface area contributed by atoms with Crippen LogP contribution in [0, 0.1) is 34.9 Å². The van der Waals surface area contributed by atoms with Crippen molar-refractivity contribution in [1.82, 2.24) is 0 Å². The fourth-order valence-corrected chi connectivity index (χ4v) is 9.19. The van der Waals surface area contributed by atoms with E-state index in [1.807, 2.05) is 18.2 Å². The molecule has 0 bridgehead atoms. The molecule has 6 unspecified atom stereocenters. The molecule has 3 aliphatic heterocycles. The minimum absolute atomic E-state index is 0.127. The smallest absolute Gasteiger partial charge is 0.241 e. The largest absolute Gasteiger partial charge is 0.508 e. The van der Waals surface area contributed by atoms with Gasteiger partial charge in [0, 0.05) is 36.3 Å². The van der Waals surface area contributed by atoms with Crippen molar-refractivity contribution in [2.24, 2.45) is 29.1 Å². The first-order valence-electron chi connectivity index (χ1n) is 16.8. The molecule has 2 aliphatic carbocycles. The number of anilines is 3. The summed E-state index contributed by atoms with van der Waals surface area (Å²) in [6, 6.07) is 15.9. The van der Waals surface area contributed by atoms with Crippen molar-refractivity contribution in [2.75, 3.05) is 48.1 Å². The lowest BCUT2D eigenvalue weighted by Gasteiger charge is -2.49. The highest BCUT2D eigenvalue weighted by Gasteiger charge is 2.68. The van der Waals surface area contributed by atoms with Crippen molar-refractivity contribution in [1.29, 1.82) is 0 Å². The van der Waals surface area contributed by atoms with Crippen LogP contribution in [0.3, 0.4) is 0 Å². The Kier molecular flexibility index (Phi) is 7.76. The number of phenols is 1. The summed E-state index contributed by atoms with van der Waals surface area (Å²) in [5, 5.41) is 11.1. The lowest BCUT2D eigenvalue weighted by molar-refractivity contribution is -0.131. The third-order valence-corrected chi connectivity index (χ3v) is 11.8. The number of hydrogen-bond donors (Lipinski definition) is 1. The van der Waals surface area contributed by atoms with Crippen LogP contribution in [-0.2, 0) is 23.9 Å². The summed E-state index contributed by atoms with van der Waals surface area (Å²) in [5.41, 5.74) is 1.33. The van der Waals surface area contributed by atoms with E-state index in [9.17, 15) is 28.7 Å². The van der Waals surface area contributed by atoms with E-state index in [0.717, 1.165) is 35.3 Å². The first-order valence-corrected chi connectivity index (χ1v) is 17.1. The Morgan fingerprint density at radius 1 is 0.880 bits per heavy atom. The van der Waals surface area contributed by atoms with Crippen LogP contribution in [0.4, 0.5) is 21.5 Å². The maximum atomic E-state index is 14.6. The molecule has 8 rings (SSSR count). The molecule has 1 N–H and O–H groups in total. The maximum absolute atomic E-state index is 14.6. The van der Waals surface area contributed by atoms with E-state index in [2.05, 4.69) is 4.90 Å². The Bertz CT molecular complexity index is 1980. The van der Waals surface area contributed by atoms with Gasteiger partial charge in [-0.3, -0.25) is 24.1 Å². The van der Waals surface area contributed by atoms with Gasteiger partial charge in [-0.05, 0) is 74.2 Å². The van der Waals surface area contributed by atoms with Crippen LogP contribution < -0.4 is 19.4 Å². The highest BCUT2D eigenvalue weighted by atomic mass is 35.5. The lowest BCUT2D eigenvalue weighted by Crippen LogP contribution is -2.48. The summed E-state index contributed by atoms with van der Waals surface area (Å²) in [4.78, 5) is 61.9. The number of phenolic OH excluding ortho intramolecular Hbond substituents is 1. The molecule has 6 atom stereocenters. The number of carbonyl (C=O) groups is 4. The van der Waals surface area contributed by atoms with E-state index < -0.39 is 52.6 Å². The minimum Gasteiger partial charge on any atom is -0.508 e. The number of hydrogen-bond acceptors (Lipinski definition) is 8. The number of ether oxygens (including phenoxy) is 2. The Morgan fingerprint density at radius 2 is 1.58 bits per heavy atom. The molecule has 3 saturated heterocycles. The first-order chi connectivity index (χ1) is 24.0. The molecule has 50 heavy (non-hydrogen) atoms. The zero-order valence-electron chi connectivity index (χ0n) is 27.5. The molecule has 12 heteroatoms. The van der Waals surface area contributed by atoms with Crippen LogP contribution in [-0.4, -0.2) is 62.1 Å². The number of fused-ring (bicyclic) bond motifs is 4. The molecule has 0 aromatic heterocycles. The number of halogens is 2. The van der Waals surface area contributed by atoms with Crippen molar-refractivity contribution in [3.05, 3.63) is 88.7 Å². The second kappa shape index (κ2) is 11.9.